The molecule has 0 spiro atoms. The Morgan fingerprint density at radius 3 is 1.21 bits per heavy atom. The minimum Gasteiger partial charge on any atom is -0.428 e. The van der Waals surface area contributed by atoms with E-state index < -0.39 is 23.5 Å². The fourth-order valence-electron chi connectivity index (χ4n) is 0.775. The van der Waals surface area contributed by atoms with E-state index in [4.69, 9.17) is 9.47 Å². The Hall–Kier alpha value is -1.26. The van der Waals surface area contributed by atoms with Gasteiger partial charge in [-0.1, -0.05) is 27.7 Å². The first-order valence-electron chi connectivity index (χ1n) is 6.52. The van der Waals surface area contributed by atoms with E-state index in [2.05, 4.69) is 4.74 Å². The molecule has 0 saturated heterocycles. The quantitative estimate of drug-likeness (QED) is 0.569. The molecule has 0 N–H and O–H groups in total. The fraction of sp³-hybridized carbons (Fsp3) is 0.857. The zero-order valence-electron chi connectivity index (χ0n) is 13.2. The van der Waals surface area contributed by atoms with Crippen molar-refractivity contribution < 1.29 is 23.8 Å². The smallest absolute Gasteiger partial charge is 0.428 e. The van der Waals surface area contributed by atoms with Crippen molar-refractivity contribution in [2.75, 3.05) is 0 Å². The van der Waals surface area contributed by atoms with Crippen molar-refractivity contribution in [3.63, 3.8) is 0 Å². The van der Waals surface area contributed by atoms with Crippen LogP contribution in [0.15, 0.2) is 0 Å². The normalized spacial score (nSPS) is 12.5. The van der Waals surface area contributed by atoms with Gasteiger partial charge >= 0.3 is 12.3 Å². The van der Waals surface area contributed by atoms with Crippen molar-refractivity contribution in [3.8, 4) is 0 Å². The van der Waals surface area contributed by atoms with E-state index in [-0.39, 0.29) is 11.8 Å². The van der Waals surface area contributed by atoms with Gasteiger partial charge in [0.1, 0.15) is 11.2 Å². The van der Waals surface area contributed by atoms with Crippen LogP contribution in [0.25, 0.3) is 0 Å². The summed E-state index contributed by atoms with van der Waals surface area (Å²) in [5.41, 5.74) is -1.41. The van der Waals surface area contributed by atoms with Crippen molar-refractivity contribution in [1.82, 2.24) is 0 Å². The maximum atomic E-state index is 11.5. The Kier molecular flexibility index (Phi) is 5.84. The first kappa shape index (κ1) is 17.7. The summed E-state index contributed by atoms with van der Waals surface area (Å²) in [6.07, 6.45) is -2.08. The monoisotopic (exact) mass is 274 g/mol. The third-order valence-electron chi connectivity index (χ3n) is 3.64. The molecule has 0 bridgehead atoms. The zero-order chi connectivity index (χ0) is 15.4. The van der Waals surface area contributed by atoms with Gasteiger partial charge in [0.15, 0.2) is 0 Å². The van der Waals surface area contributed by atoms with E-state index in [0.29, 0.717) is 0 Å². The molecule has 0 heterocycles. The minimum absolute atomic E-state index is 0.100. The van der Waals surface area contributed by atoms with E-state index in [1.807, 2.05) is 27.7 Å². The summed E-state index contributed by atoms with van der Waals surface area (Å²) in [6.45, 7) is 14.6. The van der Waals surface area contributed by atoms with Crippen molar-refractivity contribution in [1.29, 1.82) is 0 Å². The third kappa shape index (κ3) is 5.94. The Morgan fingerprint density at radius 1 is 0.737 bits per heavy atom. The van der Waals surface area contributed by atoms with Crippen LogP contribution in [0.5, 0.6) is 0 Å². The van der Waals surface area contributed by atoms with E-state index in [0.717, 1.165) is 0 Å². The van der Waals surface area contributed by atoms with Gasteiger partial charge in [0.2, 0.25) is 0 Å². The van der Waals surface area contributed by atoms with Crippen molar-refractivity contribution in [2.24, 2.45) is 11.8 Å². The van der Waals surface area contributed by atoms with Crippen LogP contribution in [0.3, 0.4) is 0 Å². The number of rotatable bonds is 4. The van der Waals surface area contributed by atoms with Gasteiger partial charge in [0, 0.05) is 0 Å². The molecule has 5 heteroatoms. The number of ether oxygens (including phenoxy) is 3. The van der Waals surface area contributed by atoms with Gasteiger partial charge in [-0.3, -0.25) is 0 Å². The lowest BCUT2D eigenvalue weighted by Gasteiger charge is -2.30. The summed E-state index contributed by atoms with van der Waals surface area (Å²) in [5, 5.41) is 0. The fourth-order valence-corrected chi connectivity index (χ4v) is 0.775. The summed E-state index contributed by atoms with van der Waals surface area (Å²) in [4.78, 5) is 23.0. The standard InChI is InChI=1S/C14H26O5/c1-9(2)13(5,6)18-11(15)17-12(16)19-14(7,8)10(3)4/h9-10H,1-8H3. The number of carbonyl (C=O) groups is 2. The van der Waals surface area contributed by atoms with Crippen molar-refractivity contribution in [2.45, 2.75) is 66.6 Å². The van der Waals surface area contributed by atoms with Crippen LogP contribution in [-0.2, 0) is 14.2 Å². The molecule has 0 radical (unpaired) electrons. The first-order chi connectivity index (χ1) is 8.38. The van der Waals surface area contributed by atoms with Crippen LogP contribution in [0, 0.1) is 11.8 Å². The second-order valence-corrected chi connectivity index (χ2v) is 6.32. The first-order valence-corrected chi connectivity index (χ1v) is 6.52. The molecule has 112 valence electrons. The Balaban J connectivity index is 4.40. The van der Waals surface area contributed by atoms with Crippen LogP contribution in [0.2, 0.25) is 0 Å². The lowest BCUT2D eigenvalue weighted by molar-refractivity contribution is -0.0606. The number of carbonyl (C=O) groups excluding carboxylic acids is 2. The van der Waals surface area contributed by atoms with E-state index in [1.54, 1.807) is 27.7 Å². The molecule has 0 atom stereocenters. The summed E-state index contributed by atoms with van der Waals surface area (Å²) in [5.74, 6) is 0.200. The lowest BCUT2D eigenvalue weighted by atomic mass is 9.95. The van der Waals surface area contributed by atoms with E-state index in [1.165, 1.54) is 0 Å². The molecular weight excluding hydrogens is 248 g/mol. The highest BCUT2D eigenvalue weighted by Crippen LogP contribution is 2.23. The largest absolute Gasteiger partial charge is 0.519 e. The van der Waals surface area contributed by atoms with Gasteiger partial charge < -0.3 is 14.2 Å². The minimum atomic E-state index is -1.04. The molecule has 0 saturated carbocycles. The van der Waals surface area contributed by atoms with Crippen LogP contribution < -0.4 is 0 Å². The van der Waals surface area contributed by atoms with Gasteiger partial charge in [-0.2, -0.15) is 0 Å². The summed E-state index contributed by atoms with van der Waals surface area (Å²) >= 11 is 0. The second kappa shape index (κ2) is 6.26. The topological polar surface area (TPSA) is 61.8 Å². The molecule has 0 aliphatic heterocycles. The molecule has 5 nitrogen and oxygen atoms in total. The van der Waals surface area contributed by atoms with Crippen LogP contribution >= 0.6 is 0 Å². The predicted molar refractivity (Wildman–Crippen MR) is 71.9 cm³/mol. The highest BCUT2D eigenvalue weighted by molar-refractivity contribution is 5.77. The average Bonchev–Trinajstić information content (AvgIpc) is 2.13. The molecule has 0 aromatic heterocycles. The third-order valence-corrected chi connectivity index (χ3v) is 3.64. The molecule has 0 rings (SSSR count). The molecule has 0 amide bonds. The Labute approximate surface area is 115 Å². The molecule has 0 aromatic carbocycles. The highest BCUT2D eigenvalue weighted by atomic mass is 16.8. The molecule has 0 aliphatic rings. The van der Waals surface area contributed by atoms with Gasteiger partial charge in [0.05, 0.1) is 0 Å². The maximum absolute atomic E-state index is 11.5. The number of hydrogen-bond donors (Lipinski definition) is 0. The van der Waals surface area contributed by atoms with Gasteiger partial charge in [0.25, 0.3) is 0 Å². The summed E-state index contributed by atoms with van der Waals surface area (Å²) < 4.78 is 14.7. The van der Waals surface area contributed by atoms with Gasteiger partial charge in [-0.05, 0) is 39.5 Å². The van der Waals surface area contributed by atoms with Crippen molar-refractivity contribution in [3.05, 3.63) is 0 Å². The number of hydrogen-bond acceptors (Lipinski definition) is 5. The van der Waals surface area contributed by atoms with Crippen LogP contribution in [0.4, 0.5) is 9.59 Å². The summed E-state index contributed by atoms with van der Waals surface area (Å²) in [7, 11) is 0. The Bertz CT molecular complexity index is 297. The SMILES string of the molecule is CC(C)C(C)(C)OC(=O)OC(=O)OC(C)(C)C(C)C. The maximum Gasteiger partial charge on any atom is 0.519 e. The van der Waals surface area contributed by atoms with Crippen molar-refractivity contribution >= 4 is 12.3 Å². The molecule has 0 aliphatic carbocycles. The molecule has 0 fully saturated rings. The second-order valence-electron chi connectivity index (χ2n) is 6.32. The average molecular weight is 274 g/mol. The summed E-state index contributed by atoms with van der Waals surface area (Å²) in [6, 6.07) is 0. The lowest BCUT2D eigenvalue weighted by Crippen LogP contribution is -2.37. The van der Waals surface area contributed by atoms with Crippen LogP contribution in [-0.4, -0.2) is 23.5 Å². The van der Waals surface area contributed by atoms with E-state index in [9.17, 15) is 9.59 Å². The van der Waals surface area contributed by atoms with Gasteiger partial charge in [-0.25, -0.2) is 9.59 Å². The molecular formula is C14H26O5. The Morgan fingerprint density at radius 2 is 1.00 bits per heavy atom. The van der Waals surface area contributed by atoms with E-state index >= 15 is 0 Å². The predicted octanol–water partition coefficient (Wildman–Crippen LogP) is 4.15. The molecule has 19 heavy (non-hydrogen) atoms. The highest BCUT2D eigenvalue weighted by Gasteiger charge is 2.32. The van der Waals surface area contributed by atoms with Crippen LogP contribution in [0.1, 0.15) is 55.4 Å². The molecule has 0 aromatic rings. The zero-order valence-corrected chi connectivity index (χ0v) is 13.2. The molecule has 0 unspecified atom stereocenters. The van der Waals surface area contributed by atoms with Gasteiger partial charge in [-0.15, -0.1) is 0 Å².